The number of carbonyl (C=O) groups is 2. The number of ether oxygens (including phenoxy) is 2. The molecule has 2 heterocycles. The maximum atomic E-state index is 13.7. The Morgan fingerprint density at radius 3 is 2.45 bits per heavy atom. The molecule has 0 aliphatic rings. The Bertz CT molecular complexity index is 917. The second-order valence-corrected chi connectivity index (χ2v) is 6.97. The molecule has 0 radical (unpaired) electrons. The van der Waals surface area contributed by atoms with Gasteiger partial charge in [-0.2, -0.15) is 18.3 Å². The smallest absolute Gasteiger partial charge is 0.434 e. The summed E-state index contributed by atoms with van der Waals surface area (Å²) in [6.07, 6.45) is -3.69. The Kier molecular flexibility index (Phi) is 6.19. The highest BCUT2D eigenvalue weighted by Crippen LogP contribution is 2.35. The second kappa shape index (κ2) is 8.10. The molecule has 0 atom stereocenters. The summed E-state index contributed by atoms with van der Waals surface area (Å²) in [6, 6.07) is 1.28. The topological polar surface area (TPSA) is 95.3 Å². The number of alkyl halides is 3. The van der Waals surface area contributed by atoms with Gasteiger partial charge in [-0.05, 0) is 40.7 Å². The van der Waals surface area contributed by atoms with Crippen LogP contribution in [0.3, 0.4) is 0 Å². The zero-order valence-electron chi connectivity index (χ0n) is 16.5. The van der Waals surface area contributed by atoms with E-state index in [9.17, 15) is 22.8 Å². The fourth-order valence-corrected chi connectivity index (χ4v) is 2.44. The number of amides is 1. The average molecular weight is 414 g/mol. The van der Waals surface area contributed by atoms with Gasteiger partial charge in [-0.1, -0.05) is 0 Å². The summed E-state index contributed by atoms with van der Waals surface area (Å²) in [5.41, 5.74) is -2.59. The summed E-state index contributed by atoms with van der Waals surface area (Å²) >= 11 is 0. The Morgan fingerprint density at radius 2 is 1.90 bits per heavy atom. The standard InChI is InChI=1S/C18H21F3N4O4/c1-6-28-15(26)11-9-23-25(13(11)18(19,20)21)12-7-8-22-14(10(12)2)24-16(27)29-17(3,4)5/h7-9H,6H2,1-5H3,(H,22,24,27). The summed E-state index contributed by atoms with van der Waals surface area (Å²) in [5.74, 6) is -1.14. The maximum absolute atomic E-state index is 13.7. The Morgan fingerprint density at radius 1 is 1.24 bits per heavy atom. The van der Waals surface area contributed by atoms with Crippen molar-refractivity contribution in [2.45, 2.75) is 46.4 Å². The van der Waals surface area contributed by atoms with Crippen molar-refractivity contribution in [3.63, 3.8) is 0 Å². The van der Waals surface area contributed by atoms with Gasteiger partial charge in [0.15, 0.2) is 5.69 Å². The Balaban J connectivity index is 2.51. The lowest BCUT2D eigenvalue weighted by Gasteiger charge is -2.20. The molecular weight excluding hydrogens is 393 g/mol. The quantitative estimate of drug-likeness (QED) is 0.757. The van der Waals surface area contributed by atoms with Gasteiger partial charge in [0, 0.05) is 11.8 Å². The van der Waals surface area contributed by atoms with Crippen molar-refractivity contribution in [1.82, 2.24) is 14.8 Å². The molecular formula is C18H21F3N4O4. The van der Waals surface area contributed by atoms with Crippen LogP contribution in [-0.4, -0.2) is 39.0 Å². The molecule has 11 heteroatoms. The summed E-state index contributed by atoms with van der Waals surface area (Å²) < 4.78 is 51.4. The van der Waals surface area contributed by atoms with Crippen LogP contribution in [0, 0.1) is 6.92 Å². The van der Waals surface area contributed by atoms with Gasteiger partial charge in [-0.25, -0.2) is 19.3 Å². The Hall–Kier alpha value is -3.11. The predicted molar refractivity (Wildman–Crippen MR) is 96.9 cm³/mol. The van der Waals surface area contributed by atoms with Crippen molar-refractivity contribution >= 4 is 17.9 Å². The number of nitrogens with one attached hydrogen (secondary N) is 1. The van der Waals surface area contributed by atoms with Crippen LogP contribution in [0.25, 0.3) is 5.69 Å². The van der Waals surface area contributed by atoms with Crippen LogP contribution in [0.2, 0.25) is 0 Å². The van der Waals surface area contributed by atoms with Gasteiger partial charge in [0.1, 0.15) is 17.0 Å². The molecule has 0 aromatic carbocycles. The van der Waals surface area contributed by atoms with Gasteiger partial charge >= 0.3 is 18.2 Å². The second-order valence-electron chi connectivity index (χ2n) is 6.97. The molecule has 29 heavy (non-hydrogen) atoms. The van der Waals surface area contributed by atoms with E-state index in [1.807, 2.05) is 0 Å². The van der Waals surface area contributed by atoms with Crippen LogP contribution in [0.1, 0.15) is 49.3 Å². The third kappa shape index (κ3) is 5.24. The number of nitrogens with zero attached hydrogens (tertiary/aromatic N) is 3. The van der Waals surface area contributed by atoms with Gasteiger partial charge in [-0.3, -0.25) is 5.32 Å². The summed E-state index contributed by atoms with van der Waals surface area (Å²) in [7, 11) is 0. The van der Waals surface area contributed by atoms with Gasteiger partial charge in [0.2, 0.25) is 0 Å². The van der Waals surface area contributed by atoms with Crippen molar-refractivity contribution in [2.75, 3.05) is 11.9 Å². The third-order valence-corrected chi connectivity index (χ3v) is 3.56. The minimum Gasteiger partial charge on any atom is -0.462 e. The lowest BCUT2D eigenvalue weighted by Crippen LogP contribution is -2.28. The zero-order valence-corrected chi connectivity index (χ0v) is 16.5. The van der Waals surface area contributed by atoms with Crippen LogP contribution in [0.5, 0.6) is 0 Å². The highest BCUT2D eigenvalue weighted by molar-refractivity contribution is 5.91. The number of pyridine rings is 1. The van der Waals surface area contributed by atoms with Crippen LogP contribution < -0.4 is 5.32 Å². The number of carbonyl (C=O) groups excluding carboxylic acids is 2. The van der Waals surface area contributed by atoms with E-state index in [2.05, 4.69) is 20.1 Å². The summed E-state index contributed by atoms with van der Waals surface area (Å²) in [5, 5.41) is 6.12. The SMILES string of the molecule is CCOC(=O)c1cnn(-c2ccnc(NC(=O)OC(C)(C)C)c2C)c1C(F)(F)F. The molecule has 0 fully saturated rings. The predicted octanol–water partition coefficient (Wildman–Crippen LogP) is 4.12. The van der Waals surface area contributed by atoms with E-state index in [1.165, 1.54) is 26.1 Å². The van der Waals surface area contributed by atoms with E-state index in [0.717, 1.165) is 6.20 Å². The molecule has 0 unspecified atom stereocenters. The van der Waals surface area contributed by atoms with Gasteiger partial charge < -0.3 is 9.47 Å². The van der Waals surface area contributed by atoms with E-state index in [4.69, 9.17) is 4.74 Å². The first kappa shape index (κ1) is 22.2. The van der Waals surface area contributed by atoms with Gasteiger partial charge in [0.25, 0.3) is 0 Å². The molecule has 1 amide bonds. The minimum atomic E-state index is -4.88. The van der Waals surface area contributed by atoms with E-state index in [-0.39, 0.29) is 23.7 Å². The molecule has 2 aromatic rings. The van der Waals surface area contributed by atoms with Crippen LogP contribution >= 0.6 is 0 Å². The van der Waals surface area contributed by atoms with E-state index in [0.29, 0.717) is 4.68 Å². The summed E-state index contributed by atoms with van der Waals surface area (Å²) in [6.45, 7) is 7.86. The fourth-order valence-electron chi connectivity index (χ4n) is 2.44. The highest BCUT2D eigenvalue weighted by atomic mass is 19.4. The molecule has 0 aliphatic carbocycles. The number of hydrogen-bond donors (Lipinski definition) is 1. The number of aromatic nitrogens is 3. The Labute approximate surface area is 165 Å². The van der Waals surface area contributed by atoms with E-state index >= 15 is 0 Å². The monoisotopic (exact) mass is 414 g/mol. The van der Waals surface area contributed by atoms with E-state index in [1.54, 1.807) is 20.8 Å². The first-order chi connectivity index (χ1) is 13.3. The largest absolute Gasteiger partial charge is 0.462 e. The minimum absolute atomic E-state index is 0.00180. The number of esters is 1. The lowest BCUT2D eigenvalue weighted by atomic mass is 10.2. The van der Waals surface area contributed by atoms with E-state index < -0.39 is 35.1 Å². The van der Waals surface area contributed by atoms with Crippen molar-refractivity contribution < 1.29 is 32.2 Å². The molecule has 2 aromatic heterocycles. The number of anilines is 1. The van der Waals surface area contributed by atoms with Crippen molar-refractivity contribution in [2.24, 2.45) is 0 Å². The van der Waals surface area contributed by atoms with Crippen LogP contribution in [0.15, 0.2) is 18.5 Å². The fraction of sp³-hybridized carbons (Fsp3) is 0.444. The third-order valence-electron chi connectivity index (χ3n) is 3.56. The van der Waals surface area contributed by atoms with Gasteiger partial charge in [-0.15, -0.1) is 0 Å². The molecule has 0 bridgehead atoms. The first-order valence-electron chi connectivity index (χ1n) is 8.63. The summed E-state index contributed by atoms with van der Waals surface area (Å²) in [4.78, 5) is 27.9. The molecule has 8 nitrogen and oxygen atoms in total. The molecule has 0 spiro atoms. The van der Waals surface area contributed by atoms with Crippen molar-refractivity contribution in [3.05, 3.63) is 35.3 Å². The molecule has 158 valence electrons. The molecule has 0 saturated heterocycles. The maximum Gasteiger partial charge on any atom is 0.434 e. The van der Waals surface area contributed by atoms with Crippen molar-refractivity contribution in [3.8, 4) is 5.69 Å². The molecule has 1 N–H and O–H groups in total. The lowest BCUT2D eigenvalue weighted by molar-refractivity contribution is -0.143. The van der Waals surface area contributed by atoms with Gasteiger partial charge in [0.05, 0.1) is 18.5 Å². The molecule has 0 aliphatic heterocycles. The van der Waals surface area contributed by atoms with Crippen molar-refractivity contribution in [1.29, 1.82) is 0 Å². The number of halogens is 3. The normalized spacial score (nSPS) is 11.9. The highest BCUT2D eigenvalue weighted by Gasteiger charge is 2.41. The number of hydrogen-bond acceptors (Lipinski definition) is 6. The molecule has 2 rings (SSSR count). The molecule has 0 saturated carbocycles. The average Bonchev–Trinajstić information content (AvgIpc) is 3.00. The van der Waals surface area contributed by atoms with Crippen LogP contribution in [-0.2, 0) is 15.7 Å². The van der Waals surface area contributed by atoms with Crippen LogP contribution in [0.4, 0.5) is 23.8 Å². The zero-order chi connectivity index (χ0) is 22.0. The number of rotatable bonds is 4. The first-order valence-corrected chi connectivity index (χ1v) is 8.63.